The molecule has 0 saturated carbocycles. The van der Waals surface area contributed by atoms with Gasteiger partial charge < -0.3 is 9.63 Å². The highest BCUT2D eigenvalue weighted by Crippen LogP contribution is 2.25. The summed E-state index contributed by atoms with van der Waals surface area (Å²) in [5.41, 5.74) is 3.39. The molecular weight excluding hydrogens is 280 g/mol. The number of nitrogens with zero attached hydrogens (tertiary/aromatic N) is 4. The van der Waals surface area contributed by atoms with Crippen LogP contribution >= 0.6 is 0 Å². The van der Waals surface area contributed by atoms with Crippen LogP contribution in [0.15, 0.2) is 53.6 Å². The summed E-state index contributed by atoms with van der Waals surface area (Å²) < 4.78 is 4.83. The maximum absolute atomic E-state index is 10.1. The lowest BCUT2D eigenvalue weighted by Gasteiger charge is -2.16. The van der Waals surface area contributed by atoms with Gasteiger partial charge in [0.1, 0.15) is 12.0 Å². The average Bonchev–Trinajstić information content (AvgIpc) is 3.03. The van der Waals surface area contributed by atoms with Crippen LogP contribution in [-0.2, 0) is 13.1 Å². The SMILES string of the molecule is CN(Cc1ccon1)Cc1cc(-c2cnccn2)ccc1O. The van der Waals surface area contributed by atoms with Crippen molar-refractivity contribution in [1.29, 1.82) is 0 Å². The van der Waals surface area contributed by atoms with Crippen LogP contribution in [-0.4, -0.2) is 32.2 Å². The smallest absolute Gasteiger partial charge is 0.124 e. The first-order chi connectivity index (χ1) is 10.7. The number of aromatic nitrogens is 3. The van der Waals surface area contributed by atoms with Crippen LogP contribution in [0, 0.1) is 0 Å². The Morgan fingerprint density at radius 3 is 2.82 bits per heavy atom. The highest BCUT2D eigenvalue weighted by atomic mass is 16.5. The van der Waals surface area contributed by atoms with Gasteiger partial charge in [-0.1, -0.05) is 5.16 Å². The fraction of sp³-hybridized carbons (Fsp3) is 0.188. The molecule has 112 valence electrons. The largest absolute Gasteiger partial charge is 0.508 e. The third kappa shape index (κ3) is 3.29. The maximum Gasteiger partial charge on any atom is 0.124 e. The average molecular weight is 296 g/mol. The Bertz CT molecular complexity index is 729. The van der Waals surface area contributed by atoms with Crippen LogP contribution in [0.25, 0.3) is 11.3 Å². The molecule has 6 heteroatoms. The molecule has 0 atom stereocenters. The van der Waals surface area contributed by atoms with E-state index < -0.39 is 0 Å². The molecule has 0 radical (unpaired) electrons. The summed E-state index contributed by atoms with van der Waals surface area (Å²) in [5.74, 6) is 0.264. The van der Waals surface area contributed by atoms with Crippen LogP contribution in [0.1, 0.15) is 11.3 Å². The second-order valence-electron chi connectivity index (χ2n) is 5.10. The molecular formula is C16H16N4O2. The Morgan fingerprint density at radius 1 is 1.18 bits per heavy atom. The molecule has 22 heavy (non-hydrogen) atoms. The van der Waals surface area contributed by atoms with E-state index >= 15 is 0 Å². The number of rotatable bonds is 5. The number of hydrogen-bond acceptors (Lipinski definition) is 6. The molecule has 0 saturated heterocycles. The fourth-order valence-electron chi connectivity index (χ4n) is 2.26. The van der Waals surface area contributed by atoms with Gasteiger partial charge >= 0.3 is 0 Å². The van der Waals surface area contributed by atoms with E-state index in [9.17, 15) is 5.11 Å². The summed E-state index contributed by atoms with van der Waals surface area (Å²) in [6.45, 7) is 1.23. The molecule has 2 aromatic heterocycles. The molecule has 1 N–H and O–H groups in total. The van der Waals surface area contributed by atoms with Crippen LogP contribution in [0.3, 0.4) is 0 Å². The molecule has 0 amide bonds. The summed E-state index contributed by atoms with van der Waals surface area (Å²) in [6, 6.07) is 7.27. The Kier molecular flexibility index (Phi) is 4.11. The standard InChI is InChI=1S/C16H16N4O2/c1-20(11-14-4-7-22-19-14)10-13-8-12(2-3-16(13)21)15-9-17-5-6-18-15/h2-9,21H,10-11H2,1H3. The van der Waals surface area contributed by atoms with Gasteiger partial charge in [-0.15, -0.1) is 0 Å². The molecule has 0 aliphatic rings. The van der Waals surface area contributed by atoms with Crippen molar-refractivity contribution < 1.29 is 9.63 Å². The van der Waals surface area contributed by atoms with E-state index in [1.807, 2.05) is 30.1 Å². The molecule has 3 rings (SSSR count). The zero-order valence-electron chi connectivity index (χ0n) is 12.2. The van der Waals surface area contributed by atoms with Crippen LogP contribution in [0.4, 0.5) is 0 Å². The number of hydrogen-bond donors (Lipinski definition) is 1. The molecule has 0 aliphatic heterocycles. The Morgan fingerprint density at radius 2 is 2.09 bits per heavy atom. The minimum absolute atomic E-state index is 0.264. The van der Waals surface area contributed by atoms with Gasteiger partial charge in [0, 0.05) is 42.7 Å². The lowest BCUT2D eigenvalue weighted by Crippen LogP contribution is -2.17. The molecule has 0 aliphatic carbocycles. The number of phenolic OH excluding ortho intramolecular Hbond substituents is 1. The van der Waals surface area contributed by atoms with E-state index in [0.29, 0.717) is 13.1 Å². The van der Waals surface area contributed by atoms with Crippen molar-refractivity contribution in [3.05, 3.63) is 60.4 Å². The molecule has 0 unspecified atom stereocenters. The van der Waals surface area contributed by atoms with Crippen LogP contribution in [0.2, 0.25) is 0 Å². The third-order valence-electron chi connectivity index (χ3n) is 3.30. The van der Waals surface area contributed by atoms with Gasteiger partial charge in [0.2, 0.25) is 0 Å². The van der Waals surface area contributed by atoms with E-state index in [4.69, 9.17) is 4.52 Å². The minimum Gasteiger partial charge on any atom is -0.508 e. The van der Waals surface area contributed by atoms with Gasteiger partial charge in [0.25, 0.3) is 0 Å². The second-order valence-corrected chi connectivity index (χ2v) is 5.10. The van der Waals surface area contributed by atoms with Gasteiger partial charge in [-0.3, -0.25) is 14.9 Å². The van der Waals surface area contributed by atoms with Crippen molar-refractivity contribution in [2.45, 2.75) is 13.1 Å². The highest BCUT2D eigenvalue weighted by Gasteiger charge is 2.09. The van der Waals surface area contributed by atoms with Crippen molar-refractivity contribution in [2.24, 2.45) is 0 Å². The van der Waals surface area contributed by atoms with Crippen molar-refractivity contribution in [3.63, 3.8) is 0 Å². The van der Waals surface area contributed by atoms with Crippen LogP contribution in [0.5, 0.6) is 5.75 Å². The Labute approximate surface area is 128 Å². The Balaban J connectivity index is 1.78. The maximum atomic E-state index is 10.1. The van der Waals surface area contributed by atoms with Gasteiger partial charge in [0.15, 0.2) is 0 Å². The zero-order valence-corrected chi connectivity index (χ0v) is 12.2. The van der Waals surface area contributed by atoms with Crippen LogP contribution < -0.4 is 0 Å². The first-order valence-electron chi connectivity index (χ1n) is 6.88. The monoisotopic (exact) mass is 296 g/mol. The summed E-state index contributed by atoms with van der Waals surface area (Å²) in [7, 11) is 1.96. The highest BCUT2D eigenvalue weighted by molar-refractivity contribution is 5.60. The van der Waals surface area contributed by atoms with Crippen molar-refractivity contribution in [1.82, 2.24) is 20.0 Å². The normalized spacial score (nSPS) is 11.0. The molecule has 3 aromatic rings. The summed E-state index contributed by atoms with van der Waals surface area (Å²) >= 11 is 0. The van der Waals surface area contributed by atoms with E-state index in [1.54, 1.807) is 30.9 Å². The van der Waals surface area contributed by atoms with Crippen molar-refractivity contribution in [2.75, 3.05) is 7.05 Å². The summed E-state index contributed by atoms with van der Waals surface area (Å²) in [6.07, 6.45) is 6.54. The van der Waals surface area contributed by atoms with E-state index in [2.05, 4.69) is 15.1 Å². The Hall–Kier alpha value is -2.73. The van der Waals surface area contributed by atoms with Crippen molar-refractivity contribution >= 4 is 0 Å². The predicted molar refractivity (Wildman–Crippen MR) is 80.8 cm³/mol. The zero-order chi connectivity index (χ0) is 15.4. The fourth-order valence-corrected chi connectivity index (χ4v) is 2.26. The van der Waals surface area contributed by atoms with Gasteiger partial charge in [0.05, 0.1) is 17.6 Å². The van der Waals surface area contributed by atoms with Gasteiger partial charge in [-0.25, -0.2) is 0 Å². The molecule has 0 spiro atoms. The molecule has 2 heterocycles. The lowest BCUT2D eigenvalue weighted by molar-refractivity contribution is 0.299. The van der Waals surface area contributed by atoms with Crippen molar-refractivity contribution in [3.8, 4) is 17.0 Å². The quantitative estimate of drug-likeness (QED) is 0.779. The third-order valence-corrected chi connectivity index (χ3v) is 3.30. The van der Waals surface area contributed by atoms with E-state index in [-0.39, 0.29) is 5.75 Å². The summed E-state index contributed by atoms with van der Waals surface area (Å²) in [4.78, 5) is 10.4. The predicted octanol–water partition coefficient (Wildman–Crippen LogP) is 2.47. The first-order valence-corrected chi connectivity index (χ1v) is 6.88. The lowest BCUT2D eigenvalue weighted by atomic mass is 10.1. The first kappa shape index (κ1) is 14.2. The molecule has 1 aromatic carbocycles. The molecule has 6 nitrogen and oxygen atoms in total. The summed E-state index contributed by atoms with van der Waals surface area (Å²) in [5, 5.41) is 13.9. The van der Waals surface area contributed by atoms with Gasteiger partial charge in [-0.2, -0.15) is 0 Å². The minimum atomic E-state index is 0.264. The van der Waals surface area contributed by atoms with E-state index in [0.717, 1.165) is 22.5 Å². The van der Waals surface area contributed by atoms with E-state index in [1.165, 1.54) is 0 Å². The topological polar surface area (TPSA) is 75.3 Å². The number of aromatic hydroxyl groups is 1. The van der Waals surface area contributed by atoms with Gasteiger partial charge in [-0.05, 0) is 25.2 Å². The number of benzene rings is 1. The number of phenols is 1. The molecule has 0 bridgehead atoms. The molecule has 0 fully saturated rings. The second kappa shape index (κ2) is 6.36.